The molecule has 0 saturated carbocycles. The van der Waals surface area contributed by atoms with Crippen LogP contribution in [0, 0.1) is 0 Å². The van der Waals surface area contributed by atoms with Crippen molar-refractivity contribution in [3.8, 4) is 0 Å². The molecule has 2 aromatic carbocycles. The highest BCUT2D eigenvalue weighted by Crippen LogP contribution is 2.51. The lowest BCUT2D eigenvalue weighted by molar-refractivity contribution is -0.137. The van der Waals surface area contributed by atoms with Crippen LogP contribution in [0.4, 0.5) is 13.2 Å². The van der Waals surface area contributed by atoms with Crippen molar-refractivity contribution in [2.24, 2.45) is 0 Å². The van der Waals surface area contributed by atoms with Crippen molar-refractivity contribution >= 4 is 19.7 Å². The van der Waals surface area contributed by atoms with E-state index in [4.69, 9.17) is 9.05 Å². The molecule has 0 aliphatic heterocycles. The highest BCUT2D eigenvalue weighted by Gasteiger charge is 2.29. The Morgan fingerprint density at radius 1 is 0.852 bits per heavy atom. The summed E-state index contributed by atoms with van der Waals surface area (Å²) in [6, 6.07) is 12.3. The summed E-state index contributed by atoms with van der Waals surface area (Å²) in [6.07, 6.45) is -0.602. The van der Waals surface area contributed by atoms with Crippen molar-refractivity contribution in [3.63, 3.8) is 0 Å². The van der Waals surface area contributed by atoms with Gasteiger partial charge in [0.05, 0.1) is 24.9 Å². The van der Waals surface area contributed by atoms with Crippen LogP contribution in [0.15, 0.2) is 48.5 Å². The van der Waals surface area contributed by atoms with Crippen molar-refractivity contribution < 1.29 is 26.8 Å². The molecule has 0 fully saturated rings. The maximum atomic E-state index is 12.6. The molecule has 0 heterocycles. The summed E-state index contributed by atoms with van der Waals surface area (Å²) >= 11 is 0. The molecule has 2 rings (SSSR count). The molecule has 0 aliphatic carbocycles. The Labute approximate surface area is 157 Å². The molecule has 0 bridgehead atoms. The molecule has 7 heteroatoms. The average Bonchev–Trinajstić information content (AvgIpc) is 2.61. The zero-order valence-electron chi connectivity index (χ0n) is 15.2. The quantitative estimate of drug-likeness (QED) is 0.369. The fourth-order valence-corrected chi connectivity index (χ4v) is 4.16. The first-order chi connectivity index (χ1) is 12.8. The Balaban J connectivity index is 2.04. The Morgan fingerprint density at radius 2 is 1.30 bits per heavy atom. The zero-order valence-corrected chi connectivity index (χ0v) is 16.1. The normalized spacial score (nSPS) is 12.6. The van der Waals surface area contributed by atoms with Crippen molar-refractivity contribution in [3.05, 3.63) is 70.8 Å². The second kappa shape index (κ2) is 9.36. The molecule has 0 amide bonds. The molecule has 0 spiro atoms. The van der Waals surface area contributed by atoms with E-state index in [9.17, 15) is 17.7 Å². The van der Waals surface area contributed by atoms with Gasteiger partial charge in [0.15, 0.2) is 0 Å². The summed E-state index contributed by atoms with van der Waals surface area (Å²) < 4.78 is 60.8. The van der Waals surface area contributed by atoms with E-state index in [1.54, 1.807) is 26.0 Å². The molecule has 0 N–H and O–H groups in total. The fourth-order valence-electron chi connectivity index (χ4n) is 2.46. The molecular weight excluding hydrogens is 376 g/mol. The first-order valence-corrected chi connectivity index (χ1v) is 10.3. The van der Waals surface area contributed by atoms with E-state index in [1.807, 2.05) is 24.3 Å². The summed E-state index contributed by atoms with van der Waals surface area (Å²) in [6.45, 7) is 4.15. The van der Waals surface area contributed by atoms with Gasteiger partial charge in [0.2, 0.25) is 0 Å². The van der Waals surface area contributed by atoms with Crippen molar-refractivity contribution in [2.75, 3.05) is 13.2 Å². The molecule has 0 aliphatic rings. The molecule has 0 unspecified atom stereocenters. The number of hydrogen-bond acceptors (Lipinski definition) is 3. The number of benzene rings is 2. The van der Waals surface area contributed by atoms with E-state index in [-0.39, 0.29) is 6.16 Å². The summed E-state index contributed by atoms with van der Waals surface area (Å²) in [5, 5.41) is 0. The topological polar surface area (TPSA) is 35.5 Å². The predicted molar refractivity (Wildman–Crippen MR) is 101 cm³/mol. The van der Waals surface area contributed by atoms with Gasteiger partial charge in [-0.25, -0.2) is 0 Å². The van der Waals surface area contributed by atoms with Gasteiger partial charge in [-0.15, -0.1) is 0 Å². The summed E-state index contributed by atoms with van der Waals surface area (Å²) in [5.41, 5.74) is 1.70. The lowest BCUT2D eigenvalue weighted by Gasteiger charge is -2.16. The smallest absolute Gasteiger partial charge is 0.309 e. The lowest BCUT2D eigenvalue weighted by atomic mass is 10.1. The zero-order chi connectivity index (χ0) is 19.9. The van der Waals surface area contributed by atoms with E-state index in [1.165, 1.54) is 12.1 Å². The van der Waals surface area contributed by atoms with Crippen molar-refractivity contribution in [2.45, 2.75) is 26.2 Å². The third kappa shape index (κ3) is 6.65. The third-order valence-electron chi connectivity index (χ3n) is 3.71. The van der Waals surface area contributed by atoms with Crippen LogP contribution in [0.2, 0.25) is 0 Å². The number of halogens is 3. The minimum absolute atomic E-state index is 0.192. The van der Waals surface area contributed by atoms with Gasteiger partial charge in [-0.05, 0) is 42.7 Å². The highest BCUT2D eigenvalue weighted by molar-refractivity contribution is 7.53. The molecule has 0 atom stereocenters. The van der Waals surface area contributed by atoms with Crippen molar-refractivity contribution in [1.82, 2.24) is 0 Å². The predicted octanol–water partition coefficient (Wildman–Crippen LogP) is 6.64. The minimum atomic E-state index is -4.33. The van der Waals surface area contributed by atoms with Crippen LogP contribution in [0.25, 0.3) is 12.2 Å². The average molecular weight is 398 g/mol. The van der Waals surface area contributed by atoms with Crippen LogP contribution in [-0.4, -0.2) is 13.2 Å². The fraction of sp³-hybridized carbons (Fsp3) is 0.300. The molecule has 0 aromatic heterocycles. The molecule has 27 heavy (non-hydrogen) atoms. The Bertz CT molecular complexity index is 787. The van der Waals surface area contributed by atoms with E-state index in [2.05, 4.69) is 0 Å². The Kier molecular flexibility index (Phi) is 7.42. The first-order valence-electron chi connectivity index (χ1n) is 8.58. The van der Waals surface area contributed by atoms with Crippen LogP contribution in [0.3, 0.4) is 0 Å². The molecule has 146 valence electrons. The van der Waals surface area contributed by atoms with Crippen LogP contribution in [-0.2, 0) is 26.0 Å². The highest BCUT2D eigenvalue weighted by atomic mass is 31.2. The van der Waals surface area contributed by atoms with Gasteiger partial charge in [0, 0.05) is 0 Å². The monoisotopic (exact) mass is 398 g/mol. The Hall–Kier alpha value is -1.88. The Morgan fingerprint density at radius 3 is 1.70 bits per heavy atom. The number of rotatable bonds is 8. The van der Waals surface area contributed by atoms with E-state index in [0.717, 1.165) is 23.3 Å². The molecule has 3 nitrogen and oxygen atoms in total. The van der Waals surface area contributed by atoms with Gasteiger partial charge in [0.1, 0.15) is 0 Å². The summed E-state index contributed by atoms with van der Waals surface area (Å²) in [5.74, 6) is 0. The van der Waals surface area contributed by atoms with Crippen LogP contribution >= 0.6 is 7.60 Å². The van der Waals surface area contributed by atoms with Gasteiger partial charge >= 0.3 is 13.8 Å². The maximum Gasteiger partial charge on any atom is 0.416 e. The van der Waals surface area contributed by atoms with E-state index >= 15 is 0 Å². The molecule has 0 radical (unpaired) electrons. The molecule has 0 saturated heterocycles. The third-order valence-corrected chi connectivity index (χ3v) is 5.77. The van der Waals surface area contributed by atoms with Crippen molar-refractivity contribution in [1.29, 1.82) is 0 Å². The van der Waals surface area contributed by atoms with Gasteiger partial charge in [-0.2, -0.15) is 13.2 Å². The lowest BCUT2D eigenvalue weighted by Crippen LogP contribution is -2.03. The molecular formula is C20H22F3O3P. The second-order valence-electron chi connectivity index (χ2n) is 5.80. The number of hydrogen-bond donors (Lipinski definition) is 0. The first kappa shape index (κ1) is 21.4. The minimum Gasteiger partial charge on any atom is -0.309 e. The second-order valence-corrected chi connectivity index (χ2v) is 7.85. The van der Waals surface area contributed by atoms with Crippen LogP contribution in [0.5, 0.6) is 0 Å². The van der Waals surface area contributed by atoms with Gasteiger partial charge in [0.25, 0.3) is 0 Å². The largest absolute Gasteiger partial charge is 0.416 e. The van der Waals surface area contributed by atoms with E-state index in [0.29, 0.717) is 18.8 Å². The number of alkyl halides is 3. The molecule has 2 aromatic rings. The summed E-state index contributed by atoms with van der Waals surface area (Å²) in [7, 11) is -3.15. The SMILES string of the molecule is CCOP(=O)(Cc1ccc(/C=C/c2ccc(C(F)(F)F)cc2)cc1)OCC. The van der Waals surface area contributed by atoms with Gasteiger partial charge in [-0.1, -0.05) is 48.6 Å². The van der Waals surface area contributed by atoms with E-state index < -0.39 is 19.3 Å². The van der Waals surface area contributed by atoms with Crippen LogP contribution in [0.1, 0.15) is 36.1 Å². The maximum absolute atomic E-state index is 12.6. The van der Waals surface area contributed by atoms with Gasteiger partial charge in [-0.3, -0.25) is 4.57 Å². The van der Waals surface area contributed by atoms with Gasteiger partial charge < -0.3 is 9.05 Å². The summed E-state index contributed by atoms with van der Waals surface area (Å²) in [4.78, 5) is 0. The standard InChI is InChI=1S/C20H22F3O3P/c1-3-25-27(24,26-4-2)15-18-9-7-16(8-10-18)5-6-17-11-13-19(14-12-17)20(21,22)23/h5-14H,3-4,15H2,1-2H3/b6-5+. The van der Waals surface area contributed by atoms with Crippen LogP contribution < -0.4 is 0 Å².